The smallest absolute Gasteiger partial charge is 0.326 e. The summed E-state index contributed by atoms with van der Waals surface area (Å²) in [7, 11) is 0. The van der Waals surface area contributed by atoms with E-state index in [9.17, 15) is 14.0 Å². The molecule has 2 rings (SSSR count). The van der Waals surface area contributed by atoms with Gasteiger partial charge in [0.25, 0.3) is 0 Å². The number of rotatable bonds is 4. The Labute approximate surface area is 118 Å². The Morgan fingerprint density at radius 2 is 2.20 bits per heavy atom. The van der Waals surface area contributed by atoms with Crippen LogP contribution < -0.4 is 5.32 Å². The SMILES string of the molecule is CC(=O)NC(Cc1c[nH]c2cc(Cl)c(F)cc12)C(=O)O. The van der Waals surface area contributed by atoms with Gasteiger partial charge in [0, 0.05) is 30.4 Å². The molecule has 1 atom stereocenters. The minimum Gasteiger partial charge on any atom is -0.480 e. The lowest BCUT2D eigenvalue weighted by atomic mass is 10.0. The molecular formula is C13H12ClFN2O3. The number of hydrogen-bond acceptors (Lipinski definition) is 2. The standard InChI is InChI=1S/C13H12ClFN2O3/c1-6(18)17-12(13(19)20)2-7-5-16-11-4-9(14)10(15)3-8(7)11/h3-5,12,16H,2H2,1H3,(H,17,18)(H,19,20). The minimum absolute atomic E-state index is 0.0115. The lowest BCUT2D eigenvalue weighted by Crippen LogP contribution is -2.41. The molecule has 0 saturated heterocycles. The summed E-state index contributed by atoms with van der Waals surface area (Å²) in [5, 5.41) is 11.9. The van der Waals surface area contributed by atoms with Gasteiger partial charge >= 0.3 is 5.97 Å². The summed E-state index contributed by atoms with van der Waals surface area (Å²) in [5.74, 6) is -2.16. The molecule has 7 heteroatoms. The summed E-state index contributed by atoms with van der Waals surface area (Å²) < 4.78 is 13.5. The van der Waals surface area contributed by atoms with Gasteiger partial charge in [0.1, 0.15) is 11.9 Å². The minimum atomic E-state index is -1.15. The molecule has 0 aliphatic carbocycles. The number of aromatic nitrogens is 1. The quantitative estimate of drug-likeness (QED) is 0.808. The predicted molar refractivity (Wildman–Crippen MR) is 72.2 cm³/mol. The average molecular weight is 299 g/mol. The number of carboxylic acid groups (broad SMARTS) is 1. The van der Waals surface area contributed by atoms with Crippen molar-refractivity contribution in [1.29, 1.82) is 0 Å². The van der Waals surface area contributed by atoms with Gasteiger partial charge in [-0.25, -0.2) is 9.18 Å². The Bertz CT molecular complexity index is 684. The zero-order chi connectivity index (χ0) is 14.9. The van der Waals surface area contributed by atoms with Crippen LogP contribution in [0.25, 0.3) is 10.9 Å². The van der Waals surface area contributed by atoms with E-state index in [1.54, 1.807) is 6.20 Å². The van der Waals surface area contributed by atoms with Gasteiger partial charge < -0.3 is 15.4 Å². The first-order valence-electron chi connectivity index (χ1n) is 5.83. The number of carbonyl (C=O) groups is 2. The molecule has 0 saturated carbocycles. The number of aliphatic carboxylic acids is 1. The van der Waals surface area contributed by atoms with E-state index in [0.29, 0.717) is 16.5 Å². The van der Waals surface area contributed by atoms with E-state index in [1.165, 1.54) is 19.1 Å². The largest absolute Gasteiger partial charge is 0.480 e. The molecule has 0 aliphatic rings. The Morgan fingerprint density at radius 3 is 2.80 bits per heavy atom. The van der Waals surface area contributed by atoms with Gasteiger partial charge in [-0.1, -0.05) is 11.6 Å². The number of amides is 1. The number of H-pyrrole nitrogens is 1. The fourth-order valence-corrected chi connectivity index (χ4v) is 2.17. The van der Waals surface area contributed by atoms with E-state index in [1.807, 2.05) is 0 Å². The van der Waals surface area contributed by atoms with Crippen molar-refractivity contribution in [3.05, 3.63) is 34.7 Å². The van der Waals surface area contributed by atoms with Crippen LogP contribution in [0.4, 0.5) is 4.39 Å². The molecule has 0 radical (unpaired) electrons. The molecule has 1 amide bonds. The summed E-state index contributed by atoms with van der Waals surface area (Å²) in [5.41, 5.74) is 1.20. The number of fused-ring (bicyclic) bond motifs is 1. The highest BCUT2D eigenvalue weighted by Crippen LogP contribution is 2.25. The van der Waals surface area contributed by atoms with Gasteiger partial charge in [-0.05, 0) is 17.7 Å². The van der Waals surface area contributed by atoms with Crippen LogP contribution in [-0.2, 0) is 16.0 Å². The van der Waals surface area contributed by atoms with Gasteiger partial charge in [-0.15, -0.1) is 0 Å². The molecule has 1 aromatic heterocycles. The Balaban J connectivity index is 2.35. The molecule has 0 fully saturated rings. The lowest BCUT2D eigenvalue weighted by Gasteiger charge is -2.12. The number of nitrogens with one attached hydrogen (secondary N) is 2. The van der Waals surface area contributed by atoms with Crippen molar-refractivity contribution in [3.8, 4) is 0 Å². The molecule has 1 aromatic carbocycles. The van der Waals surface area contributed by atoms with Crippen LogP contribution in [0.15, 0.2) is 18.3 Å². The second-order valence-corrected chi connectivity index (χ2v) is 4.83. The summed E-state index contributed by atoms with van der Waals surface area (Å²) in [6.45, 7) is 1.24. The Morgan fingerprint density at radius 1 is 1.50 bits per heavy atom. The third-order valence-corrected chi connectivity index (χ3v) is 3.20. The topological polar surface area (TPSA) is 82.2 Å². The average Bonchev–Trinajstić information content (AvgIpc) is 2.71. The number of carbonyl (C=O) groups excluding carboxylic acids is 1. The van der Waals surface area contributed by atoms with Crippen LogP contribution in [0.2, 0.25) is 5.02 Å². The first kappa shape index (κ1) is 14.3. The van der Waals surface area contributed by atoms with Crippen molar-refractivity contribution >= 4 is 34.4 Å². The predicted octanol–water partition coefficient (Wildman–Crippen LogP) is 2.09. The highest BCUT2D eigenvalue weighted by atomic mass is 35.5. The van der Waals surface area contributed by atoms with Crippen LogP contribution >= 0.6 is 11.6 Å². The highest BCUT2D eigenvalue weighted by Gasteiger charge is 2.20. The number of benzene rings is 1. The number of carboxylic acids is 1. The molecule has 5 nitrogen and oxygen atoms in total. The Kier molecular flexibility index (Phi) is 3.94. The fourth-order valence-electron chi connectivity index (χ4n) is 2.01. The van der Waals surface area contributed by atoms with Crippen LogP contribution in [0.5, 0.6) is 0 Å². The van der Waals surface area contributed by atoms with E-state index in [-0.39, 0.29) is 11.4 Å². The molecule has 106 valence electrons. The van der Waals surface area contributed by atoms with Crippen LogP contribution in [0.3, 0.4) is 0 Å². The van der Waals surface area contributed by atoms with Gasteiger partial charge in [0.05, 0.1) is 5.02 Å². The van der Waals surface area contributed by atoms with E-state index < -0.39 is 23.7 Å². The summed E-state index contributed by atoms with van der Waals surface area (Å²) in [6, 6.07) is 1.62. The Hall–Kier alpha value is -2.08. The fraction of sp³-hybridized carbons (Fsp3) is 0.231. The molecule has 0 bridgehead atoms. The normalized spacial score (nSPS) is 12.3. The second kappa shape index (κ2) is 5.50. The number of halogens is 2. The van der Waals surface area contributed by atoms with Crippen molar-refractivity contribution < 1.29 is 19.1 Å². The van der Waals surface area contributed by atoms with Crippen molar-refractivity contribution in [2.24, 2.45) is 0 Å². The molecular weight excluding hydrogens is 287 g/mol. The van der Waals surface area contributed by atoms with Gasteiger partial charge in [0.2, 0.25) is 5.91 Å². The first-order chi connectivity index (χ1) is 9.38. The van der Waals surface area contributed by atoms with Crippen LogP contribution in [0.1, 0.15) is 12.5 Å². The van der Waals surface area contributed by atoms with Crippen molar-refractivity contribution in [2.75, 3.05) is 0 Å². The van der Waals surface area contributed by atoms with E-state index in [4.69, 9.17) is 16.7 Å². The maximum Gasteiger partial charge on any atom is 0.326 e. The first-order valence-corrected chi connectivity index (χ1v) is 6.21. The lowest BCUT2D eigenvalue weighted by molar-refractivity contribution is -0.141. The highest BCUT2D eigenvalue weighted by molar-refractivity contribution is 6.31. The number of aromatic amines is 1. The van der Waals surface area contributed by atoms with Crippen molar-refractivity contribution in [2.45, 2.75) is 19.4 Å². The summed E-state index contributed by atoms with van der Waals surface area (Å²) in [4.78, 5) is 25.0. The molecule has 3 N–H and O–H groups in total. The maximum atomic E-state index is 13.5. The molecule has 1 unspecified atom stereocenters. The summed E-state index contributed by atoms with van der Waals surface area (Å²) in [6.07, 6.45) is 1.63. The molecule has 1 heterocycles. The molecule has 2 aromatic rings. The monoisotopic (exact) mass is 298 g/mol. The van der Waals surface area contributed by atoms with Crippen molar-refractivity contribution in [1.82, 2.24) is 10.3 Å². The van der Waals surface area contributed by atoms with Gasteiger partial charge in [0.15, 0.2) is 0 Å². The van der Waals surface area contributed by atoms with Crippen molar-refractivity contribution in [3.63, 3.8) is 0 Å². The maximum absolute atomic E-state index is 13.5. The van der Waals surface area contributed by atoms with Crippen LogP contribution in [0, 0.1) is 5.82 Å². The van der Waals surface area contributed by atoms with Gasteiger partial charge in [-0.2, -0.15) is 0 Å². The van der Waals surface area contributed by atoms with Gasteiger partial charge in [-0.3, -0.25) is 4.79 Å². The molecule has 0 spiro atoms. The van der Waals surface area contributed by atoms with E-state index in [0.717, 1.165) is 0 Å². The molecule has 0 aliphatic heterocycles. The second-order valence-electron chi connectivity index (χ2n) is 4.42. The number of hydrogen-bond donors (Lipinski definition) is 3. The zero-order valence-corrected chi connectivity index (χ0v) is 11.3. The third-order valence-electron chi connectivity index (χ3n) is 2.91. The third kappa shape index (κ3) is 2.91. The van der Waals surface area contributed by atoms with E-state index >= 15 is 0 Å². The van der Waals surface area contributed by atoms with E-state index in [2.05, 4.69) is 10.3 Å². The molecule has 20 heavy (non-hydrogen) atoms. The van der Waals surface area contributed by atoms with Crippen LogP contribution in [-0.4, -0.2) is 28.0 Å². The summed E-state index contributed by atoms with van der Waals surface area (Å²) >= 11 is 5.68. The zero-order valence-electron chi connectivity index (χ0n) is 10.5.